The minimum atomic E-state index is -0.627. The second kappa shape index (κ2) is 5.90. The molecule has 0 spiro atoms. The molecule has 0 aromatic heterocycles. The fraction of sp³-hybridized carbons (Fsp3) is 0. The number of hydrogen-bond donors (Lipinski definition) is 0. The molecule has 0 amide bonds. The molecule has 0 heterocycles. The number of carbonyl (C=O) groups excluding carboxylic acids is 1. The number of halogens is 5. The zero-order valence-corrected chi connectivity index (χ0v) is 13.0. The number of rotatable bonds is 2. The van der Waals surface area contributed by atoms with Crippen LogP contribution >= 0.6 is 58.0 Å². The van der Waals surface area contributed by atoms with Gasteiger partial charge in [-0.25, -0.2) is 0 Å². The standard InChI is InChI=1S/C13H5Cl5O/c14-9-4-6(5-10(15)12(9)17)7-2-1-3-8(11(7)16)13(18)19/h1-5H. The van der Waals surface area contributed by atoms with E-state index in [-0.39, 0.29) is 15.6 Å². The molecule has 2 aromatic rings. The lowest BCUT2D eigenvalue weighted by Crippen LogP contribution is -1.92. The molecule has 6 heteroatoms. The summed E-state index contributed by atoms with van der Waals surface area (Å²) >= 11 is 29.4. The van der Waals surface area contributed by atoms with Crippen LogP contribution in [0.15, 0.2) is 30.3 Å². The Hall–Kier alpha value is -0.440. The molecule has 98 valence electrons. The summed E-state index contributed by atoms with van der Waals surface area (Å²) in [6.07, 6.45) is 0. The lowest BCUT2D eigenvalue weighted by molar-refractivity contribution is 0.108. The first-order valence-corrected chi connectivity index (χ1v) is 6.94. The highest BCUT2D eigenvalue weighted by molar-refractivity contribution is 6.69. The van der Waals surface area contributed by atoms with Crippen molar-refractivity contribution in [3.8, 4) is 11.1 Å². The van der Waals surface area contributed by atoms with Gasteiger partial charge < -0.3 is 0 Å². The van der Waals surface area contributed by atoms with E-state index in [1.54, 1.807) is 30.3 Å². The number of hydrogen-bond acceptors (Lipinski definition) is 1. The average Bonchev–Trinajstić information content (AvgIpc) is 2.35. The third-order valence-electron chi connectivity index (χ3n) is 2.51. The van der Waals surface area contributed by atoms with Gasteiger partial charge in [-0.1, -0.05) is 58.5 Å². The molecular weight excluding hydrogens is 349 g/mol. The van der Waals surface area contributed by atoms with E-state index in [0.29, 0.717) is 21.2 Å². The third-order valence-corrected chi connectivity index (χ3v) is 4.31. The van der Waals surface area contributed by atoms with Gasteiger partial charge in [-0.2, -0.15) is 0 Å². The van der Waals surface area contributed by atoms with Gasteiger partial charge in [0.15, 0.2) is 0 Å². The quantitative estimate of drug-likeness (QED) is 0.454. The van der Waals surface area contributed by atoms with Crippen LogP contribution in [0, 0.1) is 0 Å². The third kappa shape index (κ3) is 3.01. The Bertz CT molecular complexity index is 643. The van der Waals surface area contributed by atoms with Crippen LogP contribution in [0.25, 0.3) is 11.1 Å². The van der Waals surface area contributed by atoms with Crippen molar-refractivity contribution in [2.45, 2.75) is 0 Å². The van der Waals surface area contributed by atoms with E-state index < -0.39 is 5.24 Å². The monoisotopic (exact) mass is 352 g/mol. The van der Waals surface area contributed by atoms with Gasteiger partial charge in [0, 0.05) is 5.56 Å². The lowest BCUT2D eigenvalue weighted by Gasteiger charge is -2.09. The van der Waals surface area contributed by atoms with Crippen LogP contribution in [0.4, 0.5) is 0 Å². The fourth-order valence-corrected chi connectivity index (χ4v) is 2.74. The van der Waals surface area contributed by atoms with E-state index in [1.165, 1.54) is 0 Å². The van der Waals surface area contributed by atoms with Gasteiger partial charge in [0.25, 0.3) is 5.24 Å². The van der Waals surface area contributed by atoms with Gasteiger partial charge in [0.1, 0.15) is 0 Å². The molecule has 0 aliphatic carbocycles. The van der Waals surface area contributed by atoms with Crippen molar-refractivity contribution in [1.82, 2.24) is 0 Å². The van der Waals surface area contributed by atoms with E-state index in [4.69, 9.17) is 58.0 Å². The predicted molar refractivity (Wildman–Crippen MR) is 82.1 cm³/mol. The highest BCUT2D eigenvalue weighted by Gasteiger charge is 2.14. The molecule has 2 aromatic carbocycles. The van der Waals surface area contributed by atoms with Crippen molar-refractivity contribution in [1.29, 1.82) is 0 Å². The van der Waals surface area contributed by atoms with Gasteiger partial charge in [-0.15, -0.1) is 0 Å². The topological polar surface area (TPSA) is 17.1 Å². The summed E-state index contributed by atoms with van der Waals surface area (Å²) in [5.74, 6) is 0. The van der Waals surface area contributed by atoms with Crippen molar-refractivity contribution >= 4 is 63.2 Å². The van der Waals surface area contributed by atoms with E-state index in [1.807, 2.05) is 0 Å². The van der Waals surface area contributed by atoms with Gasteiger partial charge in [-0.05, 0) is 35.4 Å². The maximum atomic E-state index is 11.2. The Balaban J connectivity index is 2.66. The summed E-state index contributed by atoms with van der Waals surface area (Å²) in [4.78, 5) is 11.2. The Morgan fingerprint density at radius 3 is 2.00 bits per heavy atom. The molecule has 0 bridgehead atoms. The van der Waals surface area contributed by atoms with E-state index in [9.17, 15) is 4.79 Å². The second-order valence-electron chi connectivity index (χ2n) is 3.69. The smallest absolute Gasteiger partial charge is 0.253 e. The highest BCUT2D eigenvalue weighted by Crippen LogP contribution is 2.38. The first kappa shape index (κ1) is 15.0. The fourth-order valence-electron chi connectivity index (χ4n) is 1.62. The first-order valence-electron chi connectivity index (χ1n) is 5.05. The van der Waals surface area contributed by atoms with E-state index >= 15 is 0 Å². The largest absolute Gasteiger partial charge is 0.276 e. The molecule has 0 unspecified atom stereocenters. The van der Waals surface area contributed by atoms with Crippen molar-refractivity contribution in [2.24, 2.45) is 0 Å². The Labute approximate surface area is 135 Å². The highest BCUT2D eigenvalue weighted by atomic mass is 35.5. The van der Waals surface area contributed by atoms with Crippen LogP contribution in [0.1, 0.15) is 10.4 Å². The SMILES string of the molecule is O=C(Cl)c1cccc(-c2cc(Cl)c(Cl)c(Cl)c2)c1Cl. The van der Waals surface area contributed by atoms with Crippen molar-refractivity contribution in [2.75, 3.05) is 0 Å². The Morgan fingerprint density at radius 1 is 0.895 bits per heavy atom. The molecular formula is C13H5Cl5O. The van der Waals surface area contributed by atoms with Crippen molar-refractivity contribution < 1.29 is 4.79 Å². The molecule has 0 saturated heterocycles. The second-order valence-corrected chi connectivity index (χ2v) is 5.61. The molecule has 1 nitrogen and oxygen atoms in total. The Kier molecular flexibility index (Phi) is 4.65. The van der Waals surface area contributed by atoms with Crippen LogP contribution in [0.2, 0.25) is 20.1 Å². The summed E-state index contributed by atoms with van der Waals surface area (Å²) in [5, 5.41) is 0.508. The van der Waals surface area contributed by atoms with Crippen LogP contribution in [-0.2, 0) is 0 Å². The molecule has 0 radical (unpaired) electrons. The van der Waals surface area contributed by atoms with Crippen LogP contribution < -0.4 is 0 Å². The van der Waals surface area contributed by atoms with Gasteiger partial charge in [0.2, 0.25) is 0 Å². The van der Waals surface area contributed by atoms with Crippen molar-refractivity contribution in [3.63, 3.8) is 0 Å². The summed E-state index contributed by atoms with van der Waals surface area (Å²) in [5.41, 5.74) is 1.49. The van der Waals surface area contributed by atoms with Crippen LogP contribution in [0.5, 0.6) is 0 Å². The molecule has 19 heavy (non-hydrogen) atoms. The predicted octanol–water partition coefficient (Wildman–Crippen LogP) is 6.35. The first-order chi connectivity index (χ1) is 8.91. The Morgan fingerprint density at radius 2 is 1.47 bits per heavy atom. The summed E-state index contributed by atoms with van der Waals surface area (Å²) < 4.78 is 0. The van der Waals surface area contributed by atoms with E-state index in [0.717, 1.165) is 0 Å². The van der Waals surface area contributed by atoms with Crippen LogP contribution in [0.3, 0.4) is 0 Å². The van der Waals surface area contributed by atoms with Gasteiger partial charge >= 0.3 is 0 Å². The molecule has 0 N–H and O–H groups in total. The molecule has 0 atom stereocenters. The molecule has 2 rings (SSSR count). The maximum absolute atomic E-state index is 11.2. The van der Waals surface area contributed by atoms with Crippen LogP contribution in [-0.4, -0.2) is 5.24 Å². The minimum Gasteiger partial charge on any atom is -0.276 e. The summed E-state index contributed by atoms with van der Waals surface area (Å²) in [6, 6.07) is 8.20. The van der Waals surface area contributed by atoms with Crippen molar-refractivity contribution in [3.05, 3.63) is 56.0 Å². The molecule has 0 aliphatic heterocycles. The minimum absolute atomic E-state index is 0.225. The summed E-state index contributed by atoms with van der Waals surface area (Å²) in [6.45, 7) is 0. The average molecular weight is 354 g/mol. The number of carbonyl (C=O) groups is 1. The molecule has 0 fully saturated rings. The molecule has 0 saturated carbocycles. The summed E-state index contributed by atoms with van der Waals surface area (Å²) in [7, 11) is 0. The maximum Gasteiger partial charge on any atom is 0.253 e. The van der Waals surface area contributed by atoms with Gasteiger partial charge in [-0.3, -0.25) is 4.79 Å². The number of benzene rings is 2. The normalized spacial score (nSPS) is 10.6. The van der Waals surface area contributed by atoms with E-state index in [2.05, 4.69) is 0 Å². The zero-order chi connectivity index (χ0) is 14.2. The zero-order valence-electron chi connectivity index (χ0n) is 9.18. The lowest BCUT2D eigenvalue weighted by atomic mass is 10.0. The van der Waals surface area contributed by atoms with Gasteiger partial charge in [0.05, 0.1) is 25.7 Å². The molecule has 0 aliphatic rings.